The first-order chi connectivity index (χ1) is 12.1. The Morgan fingerprint density at radius 1 is 0.920 bits per heavy atom. The van der Waals surface area contributed by atoms with Gasteiger partial charge in [0.05, 0.1) is 5.69 Å². The van der Waals surface area contributed by atoms with E-state index in [1.54, 1.807) is 12.1 Å². The minimum absolute atomic E-state index is 0.234. The molecule has 25 heavy (non-hydrogen) atoms. The molecule has 0 N–H and O–H groups in total. The normalized spacial score (nSPS) is 11.2. The fourth-order valence-electron chi connectivity index (χ4n) is 3.12. The van der Waals surface area contributed by atoms with Crippen LogP contribution in [0.15, 0.2) is 67.0 Å². The van der Waals surface area contributed by atoms with E-state index in [1.807, 2.05) is 6.20 Å². The average Bonchev–Trinajstić information content (AvgIpc) is 3.04. The van der Waals surface area contributed by atoms with Gasteiger partial charge in [-0.1, -0.05) is 36.8 Å². The van der Waals surface area contributed by atoms with Gasteiger partial charge >= 0.3 is 0 Å². The standard InChI is InChI=1S/C22H19FN2/c1-3-16-13-25-14-21(18-8-10-19(23)11-9-18)24-22(25)12-20(16)17-6-4-15(2)5-7-17/h4-14H,3H2,1-2H3. The molecule has 2 aromatic carbocycles. The van der Waals surface area contributed by atoms with Crippen LogP contribution in [0.2, 0.25) is 0 Å². The third kappa shape index (κ3) is 2.93. The van der Waals surface area contributed by atoms with Crippen molar-refractivity contribution >= 4 is 5.65 Å². The lowest BCUT2D eigenvalue weighted by Gasteiger charge is -2.09. The Morgan fingerprint density at radius 3 is 2.28 bits per heavy atom. The van der Waals surface area contributed by atoms with Gasteiger partial charge in [0.15, 0.2) is 0 Å². The van der Waals surface area contributed by atoms with E-state index in [2.05, 4.69) is 54.8 Å². The number of hydrogen-bond acceptors (Lipinski definition) is 1. The fraction of sp³-hybridized carbons (Fsp3) is 0.136. The zero-order valence-corrected chi connectivity index (χ0v) is 14.3. The average molecular weight is 330 g/mol. The molecule has 2 heterocycles. The van der Waals surface area contributed by atoms with Crippen molar-refractivity contribution in [1.82, 2.24) is 9.38 Å². The number of rotatable bonds is 3. The van der Waals surface area contributed by atoms with Crippen molar-refractivity contribution in [3.8, 4) is 22.4 Å². The fourth-order valence-corrected chi connectivity index (χ4v) is 3.12. The molecule has 0 unspecified atom stereocenters. The Morgan fingerprint density at radius 2 is 1.60 bits per heavy atom. The maximum atomic E-state index is 13.1. The van der Waals surface area contributed by atoms with Gasteiger partial charge in [0.2, 0.25) is 0 Å². The number of imidazole rings is 1. The first-order valence-electron chi connectivity index (χ1n) is 8.48. The molecule has 0 radical (unpaired) electrons. The second-order valence-electron chi connectivity index (χ2n) is 6.33. The van der Waals surface area contributed by atoms with Crippen LogP contribution in [0, 0.1) is 12.7 Å². The molecular formula is C22H19FN2. The first-order valence-corrected chi connectivity index (χ1v) is 8.48. The highest BCUT2D eigenvalue weighted by molar-refractivity contribution is 5.73. The summed E-state index contributed by atoms with van der Waals surface area (Å²) in [5, 5.41) is 0. The predicted octanol–water partition coefficient (Wildman–Crippen LogP) is 5.68. The molecule has 4 rings (SSSR count). The number of aryl methyl sites for hydroxylation is 2. The summed E-state index contributed by atoms with van der Waals surface area (Å²) in [4.78, 5) is 4.73. The molecule has 0 amide bonds. The summed E-state index contributed by atoms with van der Waals surface area (Å²) in [7, 11) is 0. The highest BCUT2D eigenvalue weighted by Gasteiger charge is 2.10. The monoisotopic (exact) mass is 330 g/mol. The molecule has 0 aliphatic rings. The third-order valence-electron chi connectivity index (χ3n) is 4.56. The molecule has 2 aromatic heterocycles. The van der Waals surface area contributed by atoms with Gasteiger partial charge in [-0.2, -0.15) is 0 Å². The van der Waals surface area contributed by atoms with Crippen molar-refractivity contribution < 1.29 is 4.39 Å². The SMILES string of the molecule is CCc1cn2cc(-c3ccc(F)cc3)nc2cc1-c1ccc(C)cc1. The van der Waals surface area contributed by atoms with Crippen LogP contribution in [0.3, 0.4) is 0 Å². The first kappa shape index (κ1) is 15.6. The van der Waals surface area contributed by atoms with E-state index in [4.69, 9.17) is 4.98 Å². The number of halogens is 1. The molecule has 0 saturated carbocycles. The Kier molecular flexibility index (Phi) is 3.85. The Balaban J connectivity index is 1.85. The molecular weight excluding hydrogens is 311 g/mol. The van der Waals surface area contributed by atoms with Gasteiger partial charge in [-0.25, -0.2) is 9.37 Å². The molecule has 4 aromatic rings. The summed E-state index contributed by atoms with van der Waals surface area (Å²) in [5.74, 6) is -0.234. The minimum atomic E-state index is -0.234. The van der Waals surface area contributed by atoms with Crippen LogP contribution < -0.4 is 0 Å². The third-order valence-corrected chi connectivity index (χ3v) is 4.56. The predicted molar refractivity (Wildman–Crippen MR) is 100 cm³/mol. The molecule has 0 fully saturated rings. The van der Waals surface area contributed by atoms with Gasteiger partial charge < -0.3 is 4.40 Å². The van der Waals surface area contributed by atoms with Gasteiger partial charge in [0.1, 0.15) is 11.5 Å². The number of hydrogen-bond donors (Lipinski definition) is 0. The van der Waals surface area contributed by atoms with Crippen LogP contribution in [0.1, 0.15) is 18.1 Å². The van der Waals surface area contributed by atoms with E-state index in [0.29, 0.717) is 0 Å². The Labute approximate surface area is 146 Å². The Bertz CT molecular complexity index is 1030. The van der Waals surface area contributed by atoms with Crippen LogP contribution in [0.5, 0.6) is 0 Å². The van der Waals surface area contributed by atoms with Gasteiger partial charge in [0, 0.05) is 18.0 Å². The van der Waals surface area contributed by atoms with Crippen molar-refractivity contribution in [2.24, 2.45) is 0 Å². The maximum Gasteiger partial charge on any atom is 0.138 e. The summed E-state index contributed by atoms with van der Waals surface area (Å²) in [5.41, 5.74) is 7.61. The number of benzene rings is 2. The van der Waals surface area contributed by atoms with Gasteiger partial charge in [0.25, 0.3) is 0 Å². The van der Waals surface area contributed by atoms with Gasteiger partial charge in [-0.15, -0.1) is 0 Å². The van der Waals surface area contributed by atoms with E-state index in [0.717, 1.165) is 23.3 Å². The molecule has 0 saturated heterocycles. The second kappa shape index (κ2) is 6.17. The zero-order chi connectivity index (χ0) is 17.4. The van der Waals surface area contributed by atoms with Gasteiger partial charge in [-0.05, 0) is 60.4 Å². The van der Waals surface area contributed by atoms with Crippen LogP contribution >= 0.6 is 0 Å². The quantitative estimate of drug-likeness (QED) is 0.472. The summed E-state index contributed by atoms with van der Waals surface area (Å²) in [6, 6.07) is 17.2. The van der Waals surface area contributed by atoms with Crippen LogP contribution in [-0.4, -0.2) is 9.38 Å². The number of fused-ring (bicyclic) bond motifs is 1. The molecule has 3 heteroatoms. The highest BCUT2D eigenvalue weighted by atomic mass is 19.1. The van der Waals surface area contributed by atoms with Gasteiger partial charge in [-0.3, -0.25) is 0 Å². The topological polar surface area (TPSA) is 17.3 Å². The van der Waals surface area contributed by atoms with Crippen molar-refractivity contribution in [1.29, 1.82) is 0 Å². The van der Waals surface area contributed by atoms with Crippen LogP contribution in [0.25, 0.3) is 28.0 Å². The largest absolute Gasteiger partial charge is 0.306 e. The lowest BCUT2D eigenvalue weighted by atomic mass is 9.99. The second-order valence-corrected chi connectivity index (χ2v) is 6.33. The molecule has 2 nitrogen and oxygen atoms in total. The zero-order valence-electron chi connectivity index (χ0n) is 14.3. The molecule has 124 valence electrons. The summed E-state index contributed by atoms with van der Waals surface area (Å²) in [6.45, 7) is 4.26. The lowest BCUT2D eigenvalue weighted by Crippen LogP contribution is -1.93. The van der Waals surface area contributed by atoms with E-state index in [-0.39, 0.29) is 5.82 Å². The Hall–Kier alpha value is -2.94. The smallest absolute Gasteiger partial charge is 0.138 e. The lowest BCUT2D eigenvalue weighted by molar-refractivity contribution is 0.628. The van der Waals surface area contributed by atoms with Crippen LogP contribution in [-0.2, 0) is 6.42 Å². The molecule has 0 aliphatic carbocycles. The number of nitrogens with zero attached hydrogens (tertiary/aromatic N) is 2. The number of aromatic nitrogens is 2. The molecule has 0 bridgehead atoms. The minimum Gasteiger partial charge on any atom is -0.306 e. The summed E-state index contributed by atoms with van der Waals surface area (Å²) >= 11 is 0. The van der Waals surface area contributed by atoms with Crippen LogP contribution in [0.4, 0.5) is 4.39 Å². The van der Waals surface area contributed by atoms with E-state index < -0.39 is 0 Å². The van der Waals surface area contributed by atoms with E-state index in [1.165, 1.54) is 34.4 Å². The van der Waals surface area contributed by atoms with Crippen molar-refractivity contribution in [3.63, 3.8) is 0 Å². The maximum absolute atomic E-state index is 13.1. The van der Waals surface area contributed by atoms with E-state index >= 15 is 0 Å². The van der Waals surface area contributed by atoms with Crippen molar-refractivity contribution in [2.45, 2.75) is 20.3 Å². The molecule has 0 atom stereocenters. The molecule has 0 aliphatic heterocycles. The van der Waals surface area contributed by atoms with Crippen molar-refractivity contribution in [2.75, 3.05) is 0 Å². The summed E-state index contributed by atoms with van der Waals surface area (Å²) < 4.78 is 15.2. The summed E-state index contributed by atoms with van der Waals surface area (Å²) in [6.07, 6.45) is 5.09. The molecule has 0 spiro atoms. The van der Waals surface area contributed by atoms with E-state index in [9.17, 15) is 4.39 Å². The van der Waals surface area contributed by atoms with Crippen molar-refractivity contribution in [3.05, 3.63) is 83.9 Å². The highest BCUT2D eigenvalue weighted by Crippen LogP contribution is 2.28. The number of pyridine rings is 1.